The van der Waals surface area contributed by atoms with Gasteiger partial charge in [0.15, 0.2) is 11.6 Å². The van der Waals surface area contributed by atoms with E-state index in [1.807, 2.05) is 0 Å². The van der Waals surface area contributed by atoms with Gasteiger partial charge in [-0.2, -0.15) is 19.9 Å². The Morgan fingerprint density at radius 2 is 0.912 bits per heavy atom. The van der Waals surface area contributed by atoms with E-state index in [9.17, 15) is 0 Å². The lowest BCUT2D eigenvalue weighted by Gasteiger charge is -2.31. The molecule has 0 atom stereocenters. The van der Waals surface area contributed by atoms with E-state index in [0.717, 1.165) is 74.5 Å². The Labute approximate surface area is 204 Å². The fraction of sp³-hybridized carbons (Fsp3) is 0.769. The molecular formula is C26H42N6O2. The van der Waals surface area contributed by atoms with Crippen molar-refractivity contribution < 1.29 is 9.47 Å². The van der Waals surface area contributed by atoms with Crippen molar-refractivity contribution in [3.63, 3.8) is 0 Å². The minimum Gasteiger partial charge on any atom is -0.463 e. The second-order valence-corrected chi connectivity index (χ2v) is 12.2. The van der Waals surface area contributed by atoms with Crippen molar-refractivity contribution in [1.29, 1.82) is 0 Å². The SMILES string of the molecule is CC(C)(C)COc1nc(N2CCCCC2)c2nc(OCC(C)(C)C)nc(N3CCCCC3)c2n1. The maximum atomic E-state index is 6.12. The van der Waals surface area contributed by atoms with E-state index in [2.05, 4.69) is 51.3 Å². The first-order chi connectivity index (χ1) is 16.1. The molecule has 4 rings (SSSR count). The normalized spacial score (nSPS) is 17.8. The lowest BCUT2D eigenvalue weighted by atomic mass is 9.99. The molecule has 0 N–H and O–H groups in total. The number of aromatic nitrogens is 4. The van der Waals surface area contributed by atoms with Crippen molar-refractivity contribution in [3.05, 3.63) is 0 Å². The first kappa shape index (κ1) is 24.7. The Morgan fingerprint density at radius 1 is 0.559 bits per heavy atom. The van der Waals surface area contributed by atoms with Crippen LogP contribution in [-0.4, -0.2) is 59.3 Å². The molecule has 2 fully saturated rings. The largest absolute Gasteiger partial charge is 0.463 e. The standard InChI is InChI=1S/C26H42N6O2/c1-25(2,3)17-33-23-27-19-20(21(29-23)31-13-9-7-10-14-31)28-24(34-18-26(4,5)6)30-22(19)32-15-11-8-12-16-32/h7-18H2,1-6H3. The van der Waals surface area contributed by atoms with Gasteiger partial charge in [-0.25, -0.2) is 0 Å². The topological polar surface area (TPSA) is 76.5 Å². The number of ether oxygens (including phenoxy) is 2. The molecule has 0 unspecified atom stereocenters. The molecule has 0 aromatic carbocycles. The quantitative estimate of drug-likeness (QED) is 0.566. The first-order valence-corrected chi connectivity index (χ1v) is 12.9. The van der Waals surface area contributed by atoms with Crippen molar-refractivity contribution in [2.24, 2.45) is 10.8 Å². The summed E-state index contributed by atoms with van der Waals surface area (Å²) in [6.45, 7) is 17.9. The molecule has 4 heterocycles. The summed E-state index contributed by atoms with van der Waals surface area (Å²) in [5, 5.41) is 0. The molecule has 2 aromatic heterocycles. The third-order valence-corrected chi connectivity index (χ3v) is 6.05. The second kappa shape index (κ2) is 10.1. The molecule has 2 aliphatic rings. The summed E-state index contributed by atoms with van der Waals surface area (Å²) in [5.41, 5.74) is 1.56. The Morgan fingerprint density at radius 3 is 1.24 bits per heavy atom. The second-order valence-electron chi connectivity index (χ2n) is 12.2. The first-order valence-electron chi connectivity index (χ1n) is 12.9. The van der Waals surface area contributed by atoms with Gasteiger partial charge in [0.05, 0.1) is 13.2 Å². The fourth-order valence-corrected chi connectivity index (χ4v) is 4.29. The number of fused-ring (bicyclic) bond motifs is 1. The van der Waals surface area contributed by atoms with Gasteiger partial charge in [0, 0.05) is 26.2 Å². The van der Waals surface area contributed by atoms with Crippen molar-refractivity contribution >= 4 is 22.7 Å². The van der Waals surface area contributed by atoms with E-state index < -0.39 is 0 Å². The van der Waals surface area contributed by atoms with Crippen LogP contribution in [0.4, 0.5) is 11.6 Å². The predicted octanol–water partition coefficient (Wildman–Crippen LogP) is 5.25. The van der Waals surface area contributed by atoms with E-state index in [1.54, 1.807) is 0 Å². The molecule has 8 heteroatoms. The van der Waals surface area contributed by atoms with Gasteiger partial charge >= 0.3 is 12.0 Å². The molecule has 2 aromatic rings. The zero-order valence-corrected chi connectivity index (χ0v) is 22.0. The summed E-state index contributed by atoms with van der Waals surface area (Å²) in [6, 6.07) is 0.821. The lowest BCUT2D eigenvalue weighted by molar-refractivity contribution is 0.184. The van der Waals surface area contributed by atoms with E-state index in [0.29, 0.717) is 25.2 Å². The number of anilines is 2. The number of rotatable bonds is 6. The lowest BCUT2D eigenvalue weighted by Crippen LogP contribution is -2.32. The summed E-state index contributed by atoms with van der Waals surface area (Å²) in [5.74, 6) is 1.68. The van der Waals surface area contributed by atoms with Crippen LogP contribution in [0.5, 0.6) is 12.0 Å². The maximum absolute atomic E-state index is 6.12. The number of hydrogen-bond acceptors (Lipinski definition) is 8. The molecule has 0 amide bonds. The smallest absolute Gasteiger partial charge is 0.319 e. The summed E-state index contributed by atoms with van der Waals surface area (Å²) in [6.07, 6.45) is 7.12. The van der Waals surface area contributed by atoms with Crippen molar-refractivity contribution in [2.45, 2.75) is 80.1 Å². The molecule has 188 valence electrons. The maximum Gasteiger partial charge on any atom is 0.319 e. The van der Waals surface area contributed by atoms with E-state index in [-0.39, 0.29) is 10.8 Å². The third-order valence-electron chi connectivity index (χ3n) is 6.05. The van der Waals surface area contributed by atoms with Crippen LogP contribution in [0.2, 0.25) is 0 Å². The van der Waals surface area contributed by atoms with Gasteiger partial charge in [-0.15, -0.1) is 0 Å². The van der Waals surface area contributed by atoms with Crippen LogP contribution in [0, 0.1) is 10.8 Å². The molecule has 2 aliphatic heterocycles. The molecule has 0 saturated carbocycles. The predicted molar refractivity (Wildman–Crippen MR) is 137 cm³/mol. The third kappa shape index (κ3) is 6.39. The minimum absolute atomic E-state index is 0.0143. The van der Waals surface area contributed by atoms with Crippen molar-refractivity contribution in [1.82, 2.24) is 19.9 Å². The van der Waals surface area contributed by atoms with Crippen LogP contribution in [0.3, 0.4) is 0 Å². The van der Waals surface area contributed by atoms with Gasteiger partial charge in [0.1, 0.15) is 11.0 Å². The van der Waals surface area contributed by atoms with Gasteiger partial charge in [0.2, 0.25) is 0 Å². The van der Waals surface area contributed by atoms with Crippen LogP contribution in [0.1, 0.15) is 80.1 Å². The highest BCUT2D eigenvalue weighted by Gasteiger charge is 2.26. The molecule has 0 radical (unpaired) electrons. The van der Waals surface area contributed by atoms with Gasteiger partial charge in [0.25, 0.3) is 0 Å². The zero-order chi connectivity index (χ0) is 24.3. The molecule has 8 nitrogen and oxygen atoms in total. The van der Waals surface area contributed by atoms with Gasteiger partial charge in [-0.3, -0.25) is 0 Å². The van der Waals surface area contributed by atoms with Crippen LogP contribution >= 0.6 is 0 Å². The highest BCUT2D eigenvalue weighted by atomic mass is 16.5. The van der Waals surface area contributed by atoms with E-state index in [1.165, 1.54) is 12.8 Å². The zero-order valence-electron chi connectivity index (χ0n) is 22.0. The molecule has 0 aliphatic carbocycles. The highest BCUT2D eigenvalue weighted by Crippen LogP contribution is 2.34. The van der Waals surface area contributed by atoms with Crippen LogP contribution in [-0.2, 0) is 0 Å². The van der Waals surface area contributed by atoms with Crippen molar-refractivity contribution in [3.8, 4) is 12.0 Å². The Hall–Kier alpha value is -2.38. The summed E-state index contributed by atoms with van der Waals surface area (Å²) in [4.78, 5) is 24.2. The summed E-state index contributed by atoms with van der Waals surface area (Å²) < 4.78 is 12.2. The van der Waals surface area contributed by atoms with Crippen LogP contribution < -0.4 is 19.3 Å². The molecule has 34 heavy (non-hydrogen) atoms. The van der Waals surface area contributed by atoms with E-state index in [4.69, 9.17) is 29.4 Å². The van der Waals surface area contributed by atoms with Crippen LogP contribution in [0.25, 0.3) is 11.0 Å². The molecule has 2 saturated heterocycles. The summed E-state index contributed by atoms with van der Waals surface area (Å²) >= 11 is 0. The summed E-state index contributed by atoms with van der Waals surface area (Å²) in [7, 11) is 0. The fourth-order valence-electron chi connectivity index (χ4n) is 4.29. The Kier molecular flexibility index (Phi) is 7.33. The van der Waals surface area contributed by atoms with E-state index >= 15 is 0 Å². The average Bonchev–Trinajstić information content (AvgIpc) is 2.80. The van der Waals surface area contributed by atoms with Gasteiger partial charge in [-0.05, 0) is 49.4 Å². The molecular weight excluding hydrogens is 428 g/mol. The van der Waals surface area contributed by atoms with Crippen LogP contribution in [0.15, 0.2) is 0 Å². The molecule has 0 bridgehead atoms. The van der Waals surface area contributed by atoms with Crippen molar-refractivity contribution in [2.75, 3.05) is 49.2 Å². The average molecular weight is 471 g/mol. The Balaban J connectivity index is 1.83. The number of piperidine rings is 2. The minimum atomic E-state index is 0.0143. The Bertz CT molecular complexity index is 891. The highest BCUT2D eigenvalue weighted by molar-refractivity contribution is 5.93. The van der Waals surface area contributed by atoms with Gasteiger partial charge < -0.3 is 19.3 Å². The van der Waals surface area contributed by atoms with Gasteiger partial charge in [-0.1, -0.05) is 41.5 Å². The number of hydrogen-bond donors (Lipinski definition) is 0. The monoisotopic (exact) mass is 470 g/mol. The number of nitrogens with zero attached hydrogens (tertiary/aromatic N) is 6. The molecule has 0 spiro atoms.